The maximum atomic E-state index is 13.1. The maximum absolute atomic E-state index is 13.1. The number of nitro benzene ring substituents is 1. The number of anilines is 1. The fraction of sp³-hybridized carbons (Fsp3) is 0.286. The van der Waals surface area contributed by atoms with Crippen LogP contribution in [-0.2, 0) is 26.0 Å². The molecule has 10 nitrogen and oxygen atoms in total. The van der Waals surface area contributed by atoms with Crippen LogP contribution in [0.3, 0.4) is 0 Å². The summed E-state index contributed by atoms with van der Waals surface area (Å²) in [4.78, 5) is 37.3. The topological polar surface area (TPSA) is 130 Å². The van der Waals surface area contributed by atoms with Crippen LogP contribution in [0.25, 0.3) is 0 Å². The Balaban J connectivity index is 1.30. The Morgan fingerprint density at radius 1 is 0.923 bits per heavy atom. The summed E-state index contributed by atoms with van der Waals surface area (Å²) >= 11 is 0. The van der Waals surface area contributed by atoms with Gasteiger partial charge in [-0.1, -0.05) is 54.6 Å². The van der Waals surface area contributed by atoms with E-state index in [-0.39, 0.29) is 61.4 Å². The number of non-ortho nitro benzene ring substituents is 1. The van der Waals surface area contributed by atoms with Crippen molar-refractivity contribution in [1.82, 2.24) is 9.21 Å². The molecule has 0 spiro atoms. The first-order valence-corrected chi connectivity index (χ1v) is 14.0. The second kappa shape index (κ2) is 12.2. The fourth-order valence-electron chi connectivity index (χ4n) is 4.50. The lowest BCUT2D eigenvalue weighted by molar-refractivity contribution is -0.385. The number of piperazine rings is 1. The predicted molar refractivity (Wildman–Crippen MR) is 147 cm³/mol. The fourth-order valence-corrected chi connectivity index (χ4v) is 6.17. The number of para-hydroxylation sites is 1. The Bertz CT molecular complexity index is 1470. The number of amides is 2. The molecule has 1 aliphatic rings. The van der Waals surface area contributed by atoms with E-state index in [9.17, 15) is 28.1 Å². The number of hydrogen-bond donors (Lipinski definition) is 1. The standard InChI is InChI=1S/C28H30N4O6S/c1-21-11-12-24(32(35)36)20-26(21)39(37,38)31-17-15-30(16-18-31)28(34)14-13-27(33)29-25-10-6-5-9-23(25)19-22-7-3-2-4-8-22/h2-12,20H,13-19H2,1H3,(H,29,33). The minimum atomic E-state index is -3.96. The Hall–Kier alpha value is -4.09. The average molecular weight is 551 g/mol. The molecule has 3 aromatic carbocycles. The SMILES string of the molecule is Cc1ccc([N+](=O)[O-])cc1S(=O)(=O)N1CCN(C(=O)CCC(=O)Nc2ccccc2Cc2ccccc2)CC1. The summed E-state index contributed by atoms with van der Waals surface area (Å²) in [5, 5.41) is 14.0. The second-order valence-electron chi connectivity index (χ2n) is 9.36. The van der Waals surface area contributed by atoms with Crippen molar-refractivity contribution in [2.75, 3.05) is 31.5 Å². The molecule has 1 fully saturated rings. The van der Waals surface area contributed by atoms with Gasteiger partial charge >= 0.3 is 0 Å². The van der Waals surface area contributed by atoms with E-state index in [1.54, 1.807) is 11.8 Å². The molecule has 1 saturated heterocycles. The van der Waals surface area contributed by atoms with E-state index < -0.39 is 14.9 Å². The van der Waals surface area contributed by atoms with Gasteiger partial charge < -0.3 is 10.2 Å². The van der Waals surface area contributed by atoms with E-state index in [0.29, 0.717) is 17.7 Å². The molecule has 0 atom stereocenters. The lowest BCUT2D eigenvalue weighted by Crippen LogP contribution is -2.50. The molecule has 1 N–H and O–H groups in total. The zero-order valence-corrected chi connectivity index (χ0v) is 22.4. The Morgan fingerprint density at radius 2 is 1.59 bits per heavy atom. The van der Waals surface area contributed by atoms with E-state index in [4.69, 9.17) is 0 Å². The van der Waals surface area contributed by atoms with Crippen LogP contribution in [0.1, 0.15) is 29.5 Å². The van der Waals surface area contributed by atoms with Gasteiger partial charge in [0.25, 0.3) is 5.69 Å². The van der Waals surface area contributed by atoms with E-state index in [0.717, 1.165) is 17.2 Å². The quantitative estimate of drug-likeness (QED) is 0.319. The van der Waals surface area contributed by atoms with Crippen molar-refractivity contribution in [3.63, 3.8) is 0 Å². The highest BCUT2D eigenvalue weighted by molar-refractivity contribution is 7.89. The summed E-state index contributed by atoms with van der Waals surface area (Å²) in [6.45, 7) is 2.06. The van der Waals surface area contributed by atoms with Gasteiger partial charge in [-0.3, -0.25) is 19.7 Å². The summed E-state index contributed by atoms with van der Waals surface area (Å²) in [5.74, 6) is -0.502. The van der Waals surface area contributed by atoms with Gasteiger partial charge in [-0.05, 0) is 36.1 Å². The lowest BCUT2D eigenvalue weighted by atomic mass is 10.0. The number of nitro groups is 1. The highest BCUT2D eigenvalue weighted by atomic mass is 32.2. The van der Waals surface area contributed by atoms with Gasteiger partial charge in [0.15, 0.2) is 0 Å². The first-order valence-electron chi connectivity index (χ1n) is 12.6. The molecule has 39 heavy (non-hydrogen) atoms. The largest absolute Gasteiger partial charge is 0.340 e. The third kappa shape index (κ3) is 6.87. The van der Waals surface area contributed by atoms with Crippen molar-refractivity contribution in [2.24, 2.45) is 0 Å². The molecule has 4 rings (SSSR count). The molecule has 0 bridgehead atoms. The van der Waals surface area contributed by atoms with Crippen LogP contribution in [0.4, 0.5) is 11.4 Å². The number of nitrogens with zero attached hydrogens (tertiary/aromatic N) is 3. The van der Waals surface area contributed by atoms with Crippen LogP contribution in [0.5, 0.6) is 0 Å². The van der Waals surface area contributed by atoms with Gasteiger partial charge in [-0.15, -0.1) is 0 Å². The zero-order chi connectivity index (χ0) is 28.0. The molecule has 1 heterocycles. The summed E-state index contributed by atoms with van der Waals surface area (Å²) < 4.78 is 27.5. The highest BCUT2D eigenvalue weighted by Crippen LogP contribution is 2.26. The van der Waals surface area contributed by atoms with Gasteiger partial charge in [0.2, 0.25) is 21.8 Å². The summed E-state index contributed by atoms with van der Waals surface area (Å²) in [5.41, 5.74) is 2.91. The van der Waals surface area contributed by atoms with E-state index in [2.05, 4.69) is 5.32 Å². The van der Waals surface area contributed by atoms with Crippen LogP contribution in [0.2, 0.25) is 0 Å². The monoisotopic (exact) mass is 550 g/mol. The predicted octanol–water partition coefficient (Wildman–Crippen LogP) is 3.75. The normalized spacial score (nSPS) is 14.1. The maximum Gasteiger partial charge on any atom is 0.270 e. The van der Waals surface area contributed by atoms with Crippen LogP contribution >= 0.6 is 0 Å². The van der Waals surface area contributed by atoms with E-state index >= 15 is 0 Å². The van der Waals surface area contributed by atoms with Gasteiger partial charge in [0.05, 0.1) is 9.82 Å². The molecule has 1 aliphatic heterocycles. The van der Waals surface area contributed by atoms with Crippen molar-refractivity contribution < 1.29 is 22.9 Å². The molecule has 204 valence electrons. The van der Waals surface area contributed by atoms with Gasteiger partial charge in [-0.25, -0.2) is 8.42 Å². The molecule has 11 heteroatoms. The van der Waals surface area contributed by atoms with Crippen LogP contribution in [0.15, 0.2) is 77.7 Å². The van der Waals surface area contributed by atoms with Gasteiger partial charge in [-0.2, -0.15) is 4.31 Å². The van der Waals surface area contributed by atoms with Crippen LogP contribution in [0, 0.1) is 17.0 Å². The third-order valence-corrected chi connectivity index (χ3v) is 8.73. The first-order chi connectivity index (χ1) is 18.6. The third-order valence-electron chi connectivity index (χ3n) is 6.69. The number of hydrogen-bond acceptors (Lipinski definition) is 6. The Kier molecular flexibility index (Phi) is 8.72. The molecule has 0 saturated carbocycles. The molecular weight excluding hydrogens is 520 g/mol. The second-order valence-corrected chi connectivity index (χ2v) is 11.3. The number of benzene rings is 3. The summed E-state index contributed by atoms with van der Waals surface area (Å²) in [6.07, 6.45) is 0.673. The number of rotatable bonds is 9. The van der Waals surface area contributed by atoms with Gasteiger partial charge in [0, 0.05) is 56.8 Å². The molecule has 0 unspecified atom stereocenters. The zero-order valence-electron chi connectivity index (χ0n) is 21.6. The first kappa shape index (κ1) is 27.9. The molecule has 0 aromatic heterocycles. The molecule has 0 aliphatic carbocycles. The smallest absolute Gasteiger partial charge is 0.270 e. The molecule has 2 amide bonds. The number of sulfonamides is 1. The van der Waals surface area contributed by atoms with Crippen molar-refractivity contribution in [2.45, 2.75) is 31.1 Å². The minimum absolute atomic E-state index is 0.00340. The number of carbonyl (C=O) groups excluding carboxylic acids is 2. The summed E-state index contributed by atoms with van der Waals surface area (Å²) in [7, 11) is -3.96. The van der Waals surface area contributed by atoms with Crippen molar-refractivity contribution in [3.05, 3.63) is 99.6 Å². The van der Waals surface area contributed by atoms with Crippen LogP contribution < -0.4 is 5.32 Å². The minimum Gasteiger partial charge on any atom is -0.340 e. The average Bonchev–Trinajstić information content (AvgIpc) is 2.93. The van der Waals surface area contributed by atoms with Gasteiger partial charge in [0.1, 0.15) is 0 Å². The van der Waals surface area contributed by atoms with E-state index in [1.807, 2.05) is 54.6 Å². The van der Waals surface area contributed by atoms with Crippen LogP contribution in [-0.4, -0.2) is 60.5 Å². The van der Waals surface area contributed by atoms with E-state index in [1.165, 1.54) is 16.4 Å². The Morgan fingerprint density at radius 3 is 2.28 bits per heavy atom. The summed E-state index contributed by atoms with van der Waals surface area (Å²) in [6, 6.07) is 21.2. The van der Waals surface area contributed by atoms with Crippen molar-refractivity contribution >= 4 is 33.2 Å². The van der Waals surface area contributed by atoms with Crippen molar-refractivity contribution in [3.8, 4) is 0 Å². The lowest BCUT2D eigenvalue weighted by Gasteiger charge is -2.34. The number of nitrogens with one attached hydrogen (secondary N) is 1. The molecular formula is C28H30N4O6S. The Labute approximate surface area is 227 Å². The molecule has 3 aromatic rings. The number of aryl methyl sites for hydroxylation is 1. The number of carbonyl (C=O) groups is 2. The molecule has 0 radical (unpaired) electrons. The highest BCUT2D eigenvalue weighted by Gasteiger charge is 2.32. The van der Waals surface area contributed by atoms with Crippen molar-refractivity contribution in [1.29, 1.82) is 0 Å².